The van der Waals surface area contributed by atoms with Crippen molar-refractivity contribution in [3.63, 3.8) is 0 Å². The Balaban J connectivity index is 1.66. The lowest BCUT2D eigenvalue weighted by molar-refractivity contribution is -0.143. The molecule has 1 amide bonds. The number of carbonyl (C=O) groups is 2. The maximum atomic E-state index is 14.1. The number of ether oxygens (including phenoxy) is 1. The normalized spacial score (nSPS) is 11.6. The summed E-state index contributed by atoms with van der Waals surface area (Å²) in [6.45, 7) is 0. The fourth-order valence-corrected chi connectivity index (χ4v) is 4.65. The zero-order valence-corrected chi connectivity index (χ0v) is 21.0. The van der Waals surface area contributed by atoms with Gasteiger partial charge in [0.15, 0.2) is 6.04 Å². The Labute approximate surface area is 221 Å². The van der Waals surface area contributed by atoms with Gasteiger partial charge in [-0.05, 0) is 47.7 Å². The molecule has 2 aromatic heterocycles. The highest BCUT2D eigenvalue weighted by Gasteiger charge is 2.28. The van der Waals surface area contributed by atoms with E-state index in [1.807, 2.05) is 84.9 Å². The number of nitrogens with zero attached hydrogens (tertiary/aromatic N) is 2. The molecule has 6 nitrogen and oxygen atoms in total. The number of carbonyl (C=O) groups excluding carboxylic acids is 2. The molecule has 0 bridgehead atoms. The summed E-state index contributed by atoms with van der Waals surface area (Å²) in [5.41, 5.74) is 5.46. The van der Waals surface area contributed by atoms with Crippen molar-refractivity contribution < 1.29 is 14.3 Å². The van der Waals surface area contributed by atoms with Crippen LogP contribution in [0.1, 0.15) is 33.1 Å². The number of nitrogens with one attached hydrogen (secondary N) is 1. The maximum Gasteiger partial charge on any atom is 0.333 e. The molecule has 3 aromatic carbocycles. The standard InChI is InChI=1S/C32H27N3O3/c1-38-32(37)30(24-12-6-3-7-13-24)35-31(36)28-25-14-8-9-15-27(25)34-29(23-10-4-2-5-11-23)26(28)17-16-22-18-20-33-21-19-22/h2-15,18-21,30H,16-17H2,1H3,(H,35,36). The Bertz CT molecular complexity index is 1560. The van der Waals surface area contributed by atoms with Crippen LogP contribution in [0.2, 0.25) is 0 Å². The summed E-state index contributed by atoms with van der Waals surface area (Å²) in [7, 11) is 1.32. The quantitative estimate of drug-likeness (QED) is 0.275. The summed E-state index contributed by atoms with van der Waals surface area (Å²) < 4.78 is 5.05. The number of hydrogen-bond acceptors (Lipinski definition) is 5. The Morgan fingerprint density at radius 1 is 0.816 bits per heavy atom. The highest BCUT2D eigenvalue weighted by atomic mass is 16.5. The Hall–Kier alpha value is -4.84. The number of aromatic nitrogens is 2. The predicted octanol–water partition coefficient (Wildman–Crippen LogP) is 5.73. The van der Waals surface area contributed by atoms with Crippen molar-refractivity contribution >= 4 is 22.8 Å². The zero-order valence-electron chi connectivity index (χ0n) is 21.0. The topological polar surface area (TPSA) is 81.2 Å². The number of methoxy groups -OCH3 is 1. The third-order valence-corrected chi connectivity index (χ3v) is 6.53. The Morgan fingerprint density at radius 3 is 2.18 bits per heavy atom. The predicted molar refractivity (Wildman–Crippen MR) is 147 cm³/mol. The van der Waals surface area contributed by atoms with Gasteiger partial charge in [0.2, 0.25) is 0 Å². The van der Waals surface area contributed by atoms with Gasteiger partial charge in [-0.25, -0.2) is 9.78 Å². The summed E-state index contributed by atoms with van der Waals surface area (Å²) in [5.74, 6) is -0.894. The second-order valence-electron chi connectivity index (χ2n) is 8.89. The van der Waals surface area contributed by atoms with Gasteiger partial charge in [-0.3, -0.25) is 9.78 Å². The van der Waals surface area contributed by atoms with Gasteiger partial charge >= 0.3 is 5.97 Å². The van der Waals surface area contributed by atoms with E-state index >= 15 is 0 Å². The van der Waals surface area contributed by atoms with Gasteiger partial charge in [-0.2, -0.15) is 0 Å². The van der Waals surface area contributed by atoms with Crippen molar-refractivity contribution in [3.8, 4) is 11.3 Å². The van der Waals surface area contributed by atoms with Crippen molar-refractivity contribution in [2.45, 2.75) is 18.9 Å². The molecule has 0 aliphatic rings. The van der Waals surface area contributed by atoms with Gasteiger partial charge < -0.3 is 10.1 Å². The molecule has 1 unspecified atom stereocenters. The van der Waals surface area contributed by atoms with Crippen LogP contribution in [0, 0.1) is 0 Å². The minimum Gasteiger partial charge on any atom is -0.467 e. The van der Waals surface area contributed by atoms with Gasteiger partial charge in [-0.1, -0.05) is 78.9 Å². The van der Waals surface area contributed by atoms with Gasteiger partial charge in [0, 0.05) is 23.3 Å². The largest absolute Gasteiger partial charge is 0.467 e. The van der Waals surface area contributed by atoms with E-state index < -0.39 is 12.0 Å². The van der Waals surface area contributed by atoms with E-state index in [0.717, 1.165) is 27.8 Å². The smallest absolute Gasteiger partial charge is 0.333 e. The third-order valence-electron chi connectivity index (χ3n) is 6.53. The summed E-state index contributed by atoms with van der Waals surface area (Å²) in [5, 5.41) is 3.69. The molecule has 0 aliphatic carbocycles. The van der Waals surface area contributed by atoms with E-state index in [1.54, 1.807) is 24.5 Å². The van der Waals surface area contributed by atoms with Crippen LogP contribution in [-0.4, -0.2) is 29.0 Å². The Kier molecular flexibility index (Phi) is 7.50. The molecule has 1 N–H and O–H groups in total. The van der Waals surface area contributed by atoms with Crippen LogP contribution in [-0.2, 0) is 22.4 Å². The number of amides is 1. The fourth-order valence-electron chi connectivity index (χ4n) is 4.65. The minimum atomic E-state index is -0.950. The fraction of sp³-hybridized carbons (Fsp3) is 0.125. The first-order valence-corrected chi connectivity index (χ1v) is 12.5. The first-order chi connectivity index (χ1) is 18.7. The summed E-state index contributed by atoms with van der Waals surface area (Å²) >= 11 is 0. The van der Waals surface area contributed by atoms with Crippen molar-refractivity contribution in [3.05, 3.63) is 132 Å². The van der Waals surface area contributed by atoms with Crippen LogP contribution in [0.5, 0.6) is 0 Å². The first-order valence-electron chi connectivity index (χ1n) is 12.5. The van der Waals surface area contributed by atoms with Crippen LogP contribution >= 0.6 is 0 Å². The lowest BCUT2D eigenvalue weighted by Crippen LogP contribution is -2.35. The van der Waals surface area contributed by atoms with E-state index in [0.29, 0.717) is 29.5 Å². The number of para-hydroxylation sites is 1. The molecular formula is C32H27N3O3. The molecule has 188 valence electrons. The number of hydrogen-bond donors (Lipinski definition) is 1. The number of esters is 1. The van der Waals surface area contributed by atoms with E-state index in [1.165, 1.54) is 7.11 Å². The number of fused-ring (bicyclic) bond motifs is 1. The molecule has 38 heavy (non-hydrogen) atoms. The van der Waals surface area contributed by atoms with Gasteiger partial charge in [-0.15, -0.1) is 0 Å². The number of aryl methyl sites for hydroxylation is 1. The molecule has 6 heteroatoms. The number of benzene rings is 3. The van der Waals surface area contributed by atoms with E-state index in [2.05, 4.69) is 10.3 Å². The molecule has 5 rings (SSSR count). The van der Waals surface area contributed by atoms with Crippen LogP contribution in [0.25, 0.3) is 22.2 Å². The van der Waals surface area contributed by atoms with Crippen LogP contribution in [0.15, 0.2) is 109 Å². The van der Waals surface area contributed by atoms with Crippen LogP contribution < -0.4 is 5.32 Å². The van der Waals surface area contributed by atoms with Crippen LogP contribution in [0.4, 0.5) is 0 Å². The van der Waals surface area contributed by atoms with E-state index in [4.69, 9.17) is 9.72 Å². The zero-order chi connectivity index (χ0) is 26.3. The van der Waals surface area contributed by atoms with Gasteiger partial charge in [0.05, 0.1) is 23.9 Å². The van der Waals surface area contributed by atoms with Crippen LogP contribution in [0.3, 0.4) is 0 Å². The average Bonchev–Trinajstić information content (AvgIpc) is 2.99. The molecule has 2 heterocycles. The summed E-state index contributed by atoms with van der Waals surface area (Å²) in [6.07, 6.45) is 4.80. The molecule has 5 aromatic rings. The first kappa shape index (κ1) is 24.8. The lowest BCUT2D eigenvalue weighted by atomic mass is 9.91. The maximum absolute atomic E-state index is 14.1. The molecule has 0 radical (unpaired) electrons. The minimum absolute atomic E-state index is 0.357. The van der Waals surface area contributed by atoms with E-state index in [-0.39, 0.29) is 5.91 Å². The van der Waals surface area contributed by atoms with Crippen molar-refractivity contribution in [2.24, 2.45) is 0 Å². The molecule has 0 aliphatic heterocycles. The number of rotatable bonds is 8. The summed E-state index contributed by atoms with van der Waals surface area (Å²) in [4.78, 5) is 36.0. The van der Waals surface area contributed by atoms with Crippen molar-refractivity contribution in [1.82, 2.24) is 15.3 Å². The molecule has 1 atom stereocenters. The molecule has 0 fully saturated rings. The van der Waals surface area contributed by atoms with E-state index in [9.17, 15) is 9.59 Å². The molecule has 0 saturated heterocycles. The van der Waals surface area contributed by atoms with Crippen molar-refractivity contribution in [1.29, 1.82) is 0 Å². The third kappa shape index (κ3) is 5.30. The Morgan fingerprint density at radius 2 is 1.47 bits per heavy atom. The highest BCUT2D eigenvalue weighted by Crippen LogP contribution is 2.32. The average molecular weight is 502 g/mol. The molecule has 0 spiro atoms. The van der Waals surface area contributed by atoms with Gasteiger partial charge in [0.1, 0.15) is 0 Å². The highest BCUT2D eigenvalue weighted by molar-refractivity contribution is 6.10. The second kappa shape index (κ2) is 11.5. The summed E-state index contributed by atoms with van der Waals surface area (Å²) in [6, 6.07) is 29.6. The second-order valence-corrected chi connectivity index (χ2v) is 8.89. The SMILES string of the molecule is COC(=O)C(NC(=O)c1c(CCc2ccncc2)c(-c2ccccc2)nc2ccccc12)c1ccccc1. The van der Waals surface area contributed by atoms with Crippen molar-refractivity contribution in [2.75, 3.05) is 7.11 Å². The monoisotopic (exact) mass is 501 g/mol. The van der Waals surface area contributed by atoms with Gasteiger partial charge in [0.25, 0.3) is 5.91 Å². The molecule has 0 saturated carbocycles. The molecular weight excluding hydrogens is 474 g/mol. The lowest BCUT2D eigenvalue weighted by Gasteiger charge is -2.21. The number of pyridine rings is 2.